The number of aryl methyl sites for hydroxylation is 1. The lowest BCUT2D eigenvalue weighted by atomic mass is 10.3. The number of nitrogens with one attached hydrogen (secondary N) is 2. The summed E-state index contributed by atoms with van der Waals surface area (Å²) < 4.78 is 51.1. The third-order valence-electron chi connectivity index (χ3n) is 4.24. The molecule has 2 heterocycles. The summed E-state index contributed by atoms with van der Waals surface area (Å²) >= 11 is 0. The molecule has 2 aromatic heterocycles. The first-order chi connectivity index (χ1) is 14.3. The number of amides is 2. The Labute approximate surface area is 170 Å². The topological polar surface area (TPSA) is 90.3 Å². The third kappa shape index (κ3) is 4.73. The van der Waals surface area contributed by atoms with E-state index in [1.807, 2.05) is 0 Å². The van der Waals surface area contributed by atoms with E-state index in [4.69, 9.17) is 9.47 Å². The van der Waals surface area contributed by atoms with Crippen LogP contribution >= 0.6 is 0 Å². The summed E-state index contributed by atoms with van der Waals surface area (Å²) in [6.07, 6.45) is -2.93. The van der Waals surface area contributed by atoms with Crippen molar-refractivity contribution < 1.29 is 27.4 Å². The molecule has 2 amide bonds. The number of fused-ring (bicyclic) bond motifs is 1. The Kier molecular flexibility index (Phi) is 6.28. The van der Waals surface area contributed by atoms with Gasteiger partial charge in [-0.2, -0.15) is 13.2 Å². The van der Waals surface area contributed by atoms with Gasteiger partial charge in [0.2, 0.25) is 5.82 Å². The molecule has 0 fully saturated rings. The summed E-state index contributed by atoms with van der Waals surface area (Å²) in [7, 11) is 2.98. The van der Waals surface area contributed by atoms with Crippen LogP contribution in [-0.2, 0) is 12.7 Å². The number of urea groups is 1. The zero-order chi connectivity index (χ0) is 21.7. The number of hydrogen-bond acceptors (Lipinski definition) is 5. The summed E-state index contributed by atoms with van der Waals surface area (Å²) in [4.78, 5) is 19.7. The number of hydrogen-bond donors (Lipinski definition) is 2. The smallest absolute Gasteiger partial charge is 0.449 e. The van der Waals surface area contributed by atoms with E-state index in [1.165, 1.54) is 32.5 Å². The minimum absolute atomic E-state index is 0.000997. The van der Waals surface area contributed by atoms with Crippen LogP contribution in [0.5, 0.6) is 11.5 Å². The molecule has 2 N–H and O–H groups in total. The van der Waals surface area contributed by atoms with E-state index >= 15 is 0 Å². The second-order valence-corrected chi connectivity index (χ2v) is 6.24. The molecule has 0 radical (unpaired) electrons. The normalized spacial score (nSPS) is 11.4. The molecule has 3 aromatic rings. The minimum Gasteiger partial charge on any atom is -0.493 e. The Bertz CT molecular complexity index is 1040. The minimum atomic E-state index is -4.60. The van der Waals surface area contributed by atoms with Crippen LogP contribution in [0.15, 0.2) is 36.5 Å². The summed E-state index contributed by atoms with van der Waals surface area (Å²) in [5.74, 6) is -0.0365. The number of pyridine rings is 1. The van der Waals surface area contributed by atoms with Crippen LogP contribution in [0.3, 0.4) is 0 Å². The van der Waals surface area contributed by atoms with E-state index in [2.05, 4.69) is 20.6 Å². The van der Waals surface area contributed by atoms with Gasteiger partial charge in [0.05, 0.1) is 14.2 Å². The van der Waals surface area contributed by atoms with Gasteiger partial charge in [-0.05, 0) is 30.7 Å². The van der Waals surface area contributed by atoms with Crippen molar-refractivity contribution >= 4 is 22.9 Å². The van der Waals surface area contributed by atoms with Crippen molar-refractivity contribution in [2.45, 2.75) is 19.1 Å². The van der Waals surface area contributed by atoms with Gasteiger partial charge in [0.15, 0.2) is 17.1 Å². The Morgan fingerprint density at radius 3 is 2.63 bits per heavy atom. The maximum Gasteiger partial charge on any atom is 0.449 e. The number of ether oxygens (including phenoxy) is 2. The summed E-state index contributed by atoms with van der Waals surface area (Å²) in [6, 6.07) is 7.39. The van der Waals surface area contributed by atoms with Gasteiger partial charge in [0.25, 0.3) is 0 Å². The van der Waals surface area contributed by atoms with E-state index < -0.39 is 18.0 Å². The lowest BCUT2D eigenvalue weighted by molar-refractivity contribution is -0.147. The third-order valence-corrected chi connectivity index (χ3v) is 4.24. The highest BCUT2D eigenvalue weighted by molar-refractivity contribution is 5.89. The second-order valence-electron chi connectivity index (χ2n) is 6.24. The first-order valence-electron chi connectivity index (χ1n) is 8.99. The van der Waals surface area contributed by atoms with Crippen molar-refractivity contribution in [3.05, 3.63) is 42.4 Å². The fraction of sp³-hybridized carbons (Fsp3) is 0.316. The Hall–Kier alpha value is -3.50. The molecule has 0 unspecified atom stereocenters. The molecule has 0 atom stereocenters. The molecular weight excluding hydrogens is 403 g/mol. The van der Waals surface area contributed by atoms with Crippen LogP contribution in [0.25, 0.3) is 11.2 Å². The maximum absolute atomic E-state index is 13.3. The molecule has 0 aliphatic rings. The average Bonchev–Trinajstić information content (AvgIpc) is 3.10. The Morgan fingerprint density at radius 2 is 1.93 bits per heavy atom. The molecule has 160 valence electrons. The number of rotatable bonds is 7. The highest BCUT2D eigenvalue weighted by atomic mass is 19.4. The number of aromatic nitrogens is 3. The maximum atomic E-state index is 13.3. The van der Waals surface area contributed by atoms with Crippen LogP contribution < -0.4 is 20.1 Å². The average molecular weight is 423 g/mol. The predicted molar refractivity (Wildman–Crippen MR) is 104 cm³/mol. The first kappa shape index (κ1) is 21.2. The molecule has 0 bridgehead atoms. The van der Waals surface area contributed by atoms with Crippen molar-refractivity contribution in [2.24, 2.45) is 0 Å². The van der Waals surface area contributed by atoms with Crippen molar-refractivity contribution in [2.75, 3.05) is 26.1 Å². The quantitative estimate of drug-likeness (QED) is 0.566. The zero-order valence-electron chi connectivity index (χ0n) is 16.3. The van der Waals surface area contributed by atoms with Gasteiger partial charge in [0.1, 0.15) is 5.52 Å². The van der Waals surface area contributed by atoms with Crippen LogP contribution in [0.2, 0.25) is 0 Å². The first-order valence-corrected chi connectivity index (χ1v) is 8.99. The van der Waals surface area contributed by atoms with E-state index in [9.17, 15) is 18.0 Å². The monoisotopic (exact) mass is 423 g/mol. The standard InChI is InChI=1S/C19H20F3N5O3/c1-29-14-7-6-12(11-15(14)30-2)25-18(28)24-9-4-10-27-16-13(5-3-8-23-16)26-17(27)19(20,21)22/h3,5-8,11H,4,9-10H2,1-2H3,(H2,24,25,28). The van der Waals surface area contributed by atoms with Crippen molar-refractivity contribution in [3.63, 3.8) is 0 Å². The fourth-order valence-corrected chi connectivity index (χ4v) is 2.92. The highest BCUT2D eigenvalue weighted by Gasteiger charge is 2.37. The SMILES string of the molecule is COc1ccc(NC(=O)NCCCn2c(C(F)(F)F)nc3cccnc32)cc1OC. The van der Waals surface area contributed by atoms with Gasteiger partial charge in [-0.15, -0.1) is 0 Å². The van der Waals surface area contributed by atoms with Gasteiger partial charge in [-0.3, -0.25) is 0 Å². The lowest BCUT2D eigenvalue weighted by Gasteiger charge is -2.12. The fourth-order valence-electron chi connectivity index (χ4n) is 2.92. The number of alkyl halides is 3. The number of halogens is 3. The summed E-state index contributed by atoms with van der Waals surface area (Å²) in [5.41, 5.74) is 0.804. The molecule has 11 heteroatoms. The summed E-state index contributed by atoms with van der Waals surface area (Å²) in [5, 5.41) is 5.24. The van der Waals surface area contributed by atoms with Gasteiger partial charge in [0, 0.05) is 31.0 Å². The van der Waals surface area contributed by atoms with Crippen LogP contribution in [-0.4, -0.2) is 41.3 Å². The molecule has 1 aromatic carbocycles. The van der Waals surface area contributed by atoms with Crippen LogP contribution in [0, 0.1) is 0 Å². The number of methoxy groups -OCH3 is 2. The van der Waals surface area contributed by atoms with Gasteiger partial charge in [-0.1, -0.05) is 0 Å². The molecule has 3 rings (SSSR count). The number of nitrogens with zero attached hydrogens (tertiary/aromatic N) is 3. The Morgan fingerprint density at radius 1 is 1.17 bits per heavy atom. The number of imidazole rings is 1. The molecule has 0 aliphatic heterocycles. The Balaban J connectivity index is 1.58. The van der Waals surface area contributed by atoms with E-state index in [0.717, 1.165) is 4.57 Å². The number of carbonyl (C=O) groups excluding carboxylic acids is 1. The van der Waals surface area contributed by atoms with E-state index in [-0.39, 0.29) is 30.7 Å². The molecule has 0 aliphatic carbocycles. The van der Waals surface area contributed by atoms with E-state index in [1.54, 1.807) is 18.2 Å². The lowest BCUT2D eigenvalue weighted by Crippen LogP contribution is -2.30. The van der Waals surface area contributed by atoms with Crippen molar-refractivity contribution in [3.8, 4) is 11.5 Å². The van der Waals surface area contributed by atoms with Gasteiger partial charge in [-0.25, -0.2) is 14.8 Å². The summed E-state index contributed by atoms with van der Waals surface area (Å²) in [6.45, 7) is 0.155. The van der Waals surface area contributed by atoms with Gasteiger partial charge < -0.3 is 24.7 Å². The molecule has 0 spiro atoms. The molecule has 30 heavy (non-hydrogen) atoms. The largest absolute Gasteiger partial charge is 0.493 e. The van der Waals surface area contributed by atoms with Crippen molar-refractivity contribution in [1.29, 1.82) is 0 Å². The number of benzene rings is 1. The molecular formula is C19H20F3N5O3. The number of anilines is 1. The van der Waals surface area contributed by atoms with Gasteiger partial charge >= 0.3 is 12.2 Å². The predicted octanol–water partition coefficient (Wildman–Crippen LogP) is 3.68. The number of carbonyl (C=O) groups is 1. The van der Waals surface area contributed by atoms with Crippen molar-refractivity contribution in [1.82, 2.24) is 19.9 Å². The van der Waals surface area contributed by atoms with Crippen LogP contribution in [0.1, 0.15) is 12.2 Å². The molecule has 8 nitrogen and oxygen atoms in total. The zero-order valence-corrected chi connectivity index (χ0v) is 16.3. The second kappa shape index (κ2) is 8.89. The highest BCUT2D eigenvalue weighted by Crippen LogP contribution is 2.31. The van der Waals surface area contributed by atoms with E-state index in [0.29, 0.717) is 17.2 Å². The molecule has 0 saturated carbocycles. The molecule has 0 saturated heterocycles. The van der Waals surface area contributed by atoms with Crippen LogP contribution in [0.4, 0.5) is 23.7 Å².